The molecule has 0 atom stereocenters. The van der Waals surface area contributed by atoms with Crippen LogP contribution in [0.5, 0.6) is 11.6 Å². The van der Waals surface area contributed by atoms with Crippen molar-refractivity contribution < 1.29 is 35.8 Å². The Kier molecular flexibility index (Phi) is 4.54. The highest BCUT2D eigenvalue weighted by atomic mass is 79.9. The van der Waals surface area contributed by atoms with Crippen molar-refractivity contribution in [3.8, 4) is 11.6 Å². The van der Waals surface area contributed by atoms with Gasteiger partial charge in [0.05, 0.1) is 12.7 Å². The minimum Gasteiger partial charge on any atom is -0.481 e. The van der Waals surface area contributed by atoms with E-state index in [0.717, 1.165) is 7.11 Å². The molecule has 0 spiro atoms. The van der Waals surface area contributed by atoms with E-state index in [9.17, 15) is 26.3 Å². The molecule has 1 aromatic rings. The predicted octanol–water partition coefficient (Wildman–Crippen LogP) is 3.90. The fourth-order valence-electron chi connectivity index (χ4n) is 1.25. The summed E-state index contributed by atoms with van der Waals surface area (Å²) in [4.78, 5) is 3.31. The van der Waals surface area contributed by atoms with E-state index in [1.54, 1.807) is 0 Å². The molecular formula is C9H6BrF6NO2. The zero-order valence-electron chi connectivity index (χ0n) is 9.19. The fourth-order valence-corrected chi connectivity index (χ4v) is 1.74. The Morgan fingerprint density at radius 2 is 1.79 bits per heavy atom. The van der Waals surface area contributed by atoms with Crippen molar-refractivity contribution in [1.82, 2.24) is 4.98 Å². The van der Waals surface area contributed by atoms with Crippen LogP contribution in [0.25, 0.3) is 0 Å². The highest BCUT2D eigenvalue weighted by molar-refractivity contribution is 9.08. The van der Waals surface area contributed by atoms with E-state index in [-0.39, 0.29) is 17.4 Å². The minimum absolute atomic E-state index is 0.228. The molecule has 0 aliphatic rings. The van der Waals surface area contributed by atoms with Gasteiger partial charge in [-0.3, -0.25) is 0 Å². The lowest BCUT2D eigenvalue weighted by atomic mass is 10.1. The molecule has 108 valence electrons. The van der Waals surface area contributed by atoms with Gasteiger partial charge in [0.2, 0.25) is 5.88 Å². The van der Waals surface area contributed by atoms with Crippen LogP contribution in [0, 0.1) is 0 Å². The largest absolute Gasteiger partial charge is 0.573 e. The van der Waals surface area contributed by atoms with Gasteiger partial charge >= 0.3 is 12.5 Å². The van der Waals surface area contributed by atoms with E-state index >= 15 is 0 Å². The molecule has 10 heteroatoms. The molecule has 0 saturated carbocycles. The third-order valence-corrected chi connectivity index (χ3v) is 2.50. The molecule has 1 rings (SSSR count). The molecule has 0 radical (unpaired) electrons. The van der Waals surface area contributed by atoms with Crippen LogP contribution in [0.1, 0.15) is 11.1 Å². The lowest BCUT2D eigenvalue weighted by Gasteiger charge is -2.18. The van der Waals surface area contributed by atoms with Crippen LogP contribution in [0.15, 0.2) is 6.20 Å². The van der Waals surface area contributed by atoms with Crippen molar-refractivity contribution >= 4 is 15.9 Å². The zero-order chi connectivity index (χ0) is 14.8. The van der Waals surface area contributed by atoms with Gasteiger partial charge in [0.1, 0.15) is 5.56 Å². The lowest BCUT2D eigenvalue weighted by Crippen LogP contribution is -2.22. The molecule has 0 unspecified atom stereocenters. The zero-order valence-corrected chi connectivity index (χ0v) is 10.8. The van der Waals surface area contributed by atoms with Gasteiger partial charge in [-0.2, -0.15) is 13.2 Å². The van der Waals surface area contributed by atoms with Crippen molar-refractivity contribution in [2.45, 2.75) is 17.9 Å². The number of halogens is 7. The van der Waals surface area contributed by atoms with Gasteiger partial charge in [-0.15, -0.1) is 13.2 Å². The number of nitrogens with zero attached hydrogens (tertiary/aromatic N) is 1. The lowest BCUT2D eigenvalue weighted by molar-refractivity contribution is -0.276. The maximum atomic E-state index is 12.6. The molecule has 0 aromatic carbocycles. The van der Waals surface area contributed by atoms with E-state index < -0.39 is 29.4 Å². The summed E-state index contributed by atoms with van der Waals surface area (Å²) in [5, 5.41) is -0.349. The third kappa shape index (κ3) is 3.88. The maximum absolute atomic E-state index is 12.6. The van der Waals surface area contributed by atoms with E-state index in [0.29, 0.717) is 0 Å². The summed E-state index contributed by atoms with van der Waals surface area (Å²) in [7, 11) is 1.07. The molecular weight excluding hydrogens is 348 g/mol. The molecule has 0 bridgehead atoms. The Morgan fingerprint density at radius 3 is 2.16 bits per heavy atom. The van der Waals surface area contributed by atoms with Crippen LogP contribution in [-0.2, 0) is 11.5 Å². The average Bonchev–Trinajstić information content (AvgIpc) is 2.24. The Labute approximate surface area is 111 Å². The van der Waals surface area contributed by atoms with Gasteiger partial charge in [-0.1, -0.05) is 15.9 Å². The molecule has 0 fully saturated rings. The van der Waals surface area contributed by atoms with Gasteiger partial charge < -0.3 is 9.47 Å². The number of rotatable bonds is 3. The Balaban J connectivity index is 3.49. The van der Waals surface area contributed by atoms with Gasteiger partial charge in [0, 0.05) is 11.5 Å². The molecule has 19 heavy (non-hydrogen) atoms. The summed E-state index contributed by atoms with van der Waals surface area (Å²) < 4.78 is 82.5. The molecule has 0 saturated heterocycles. The van der Waals surface area contributed by atoms with E-state index in [1.807, 2.05) is 0 Å². The first-order valence-electron chi connectivity index (χ1n) is 4.55. The summed E-state index contributed by atoms with van der Waals surface area (Å²) in [6.45, 7) is 0. The average molecular weight is 354 g/mol. The normalized spacial score (nSPS) is 12.4. The smallest absolute Gasteiger partial charge is 0.481 e. The topological polar surface area (TPSA) is 31.4 Å². The van der Waals surface area contributed by atoms with Crippen LogP contribution in [-0.4, -0.2) is 18.5 Å². The summed E-state index contributed by atoms with van der Waals surface area (Å²) in [6, 6.07) is 0. The first-order valence-corrected chi connectivity index (χ1v) is 5.67. The summed E-state index contributed by atoms with van der Waals surface area (Å²) in [5.41, 5.74) is -2.10. The van der Waals surface area contributed by atoms with Crippen molar-refractivity contribution in [3.63, 3.8) is 0 Å². The maximum Gasteiger partial charge on any atom is 0.573 e. The van der Waals surface area contributed by atoms with Crippen LogP contribution in [0.4, 0.5) is 26.3 Å². The van der Waals surface area contributed by atoms with Crippen molar-refractivity contribution in [1.29, 1.82) is 0 Å². The van der Waals surface area contributed by atoms with Crippen molar-refractivity contribution in [2.75, 3.05) is 7.11 Å². The molecule has 0 N–H and O–H groups in total. The second-order valence-electron chi connectivity index (χ2n) is 3.17. The number of pyridine rings is 1. The van der Waals surface area contributed by atoms with Crippen LogP contribution in [0.2, 0.25) is 0 Å². The van der Waals surface area contributed by atoms with Gasteiger partial charge in [0.15, 0.2) is 5.75 Å². The number of hydrogen-bond donors (Lipinski definition) is 0. The van der Waals surface area contributed by atoms with Crippen LogP contribution >= 0.6 is 15.9 Å². The highest BCUT2D eigenvalue weighted by Gasteiger charge is 2.41. The Hall–Kier alpha value is -1.19. The van der Waals surface area contributed by atoms with Gasteiger partial charge in [0.25, 0.3) is 0 Å². The molecule has 0 aliphatic heterocycles. The fraction of sp³-hybridized carbons (Fsp3) is 0.444. The van der Waals surface area contributed by atoms with Crippen LogP contribution in [0.3, 0.4) is 0 Å². The third-order valence-electron chi connectivity index (χ3n) is 1.94. The first-order chi connectivity index (χ1) is 8.60. The SMILES string of the molecule is COc1ncc(C(F)(F)F)c(OC(F)(F)F)c1CBr. The molecule has 1 aromatic heterocycles. The monoisotopic (exact) mass is 353 g/mol. The van der Waals surface area contributed by atoms with Crippen molar-refractivity contribution in [2.24, 2.45) is 0 Å². The first kappa shape index (κ1) is 15.9. The van der Waals surface area contributed by atoms with Gasteiger partial charge in [-0.25, -0.2) is 4.98 Å². The van der Waals surface area contributed by atoms with E-state index in [2.05, 4.69) is 30.4 Å². The molecule has 0 amide bonds. The number of methoxy groups -OCH3 is 1. The standard InChI is InChI=1S/C9H6BrF6NO2/c1-18-7-4(2-10)6(19-9(14,15)16)5(3-17-7)8(11,12)13/h3H,2H2,1H3. The predicted molar refractivity (Wildman–Crippen MR) is 55.1 cm³/mol. The molecule has 0 aliphatic carbocycles. The Morgan fingerprint density at radius 1 is 1.21 bits per heavy atom. The highest BCUT2D eigenvalue weighted by Crippen LogP contribution is 2.43. The second-order valence-corrected chi connectivity index (χ2v) is 3.73. The summed E-state index contributed by atoms with van der Waals surface area (Å²) >= 11 is 2.77. The quantitative estimate of drug-likeness (QED) is 0.610. The van der Waals surface area contributed by atoms with E-state index in [1.165, 1.54) is 0 Å². The summed E-state index contributed by atoms with van der Waals surface area (Å²) in [5.74, 6) is -1.76. The molecule has 1 heterocycles. The number of hydrogen-bond acceptors (Lipinski definition) is 3. The van der Waals surface area contributed by atoms with Gasteiger partial charge in [-0.05, 0) is 0 Å². The van der Waals surface area contributed by atoms with Crippen LogP contribution < -0.4 is 9.47 Å². The number of ether oxygens (including phenoxy) is 2. The minimum atomic E-state index is -5.26. The summed E-state index contributed by atoms with van der Waals surface area (Å²) in [6.07, 6.45) is -10.1. The second kappa shape index (κ2) is 5.43. The number of alkyl halides is 7. The van der Waals surface area contributed by atoms with Crippen molar-refractivity contribution in [3.05, 3.63) is 17.3 Å². The van der Waals surface area contributed by atoms with E-state index in [4.69, 9.17) is 0 Å². The Bertz CT molecular complexity index is 459. The molecule has 3 nitrogen and oxygen atoms in total. The number of aromatic nitrogens is 1.